The Balaban J connectivity index is 2.31. The summed E-state index contributed by atoms with van der Waals surface area (Å²) in [6.45, 7) is 7.11. The van der Waals surface area contributed by atoms with E-state index in [9.17, 15) is 0 Å². The maximum absolute atomic E-state index is 5.85. The summed E-state index contributed by atoms with van der Waals surface area (Å²) < 4.78 is 17.3. The molecule has 112 valence electrons. The molecule has 4 heteroatoms. The third-order valence-electron chi connectivity index (χ3n) is 3.25. The van der Waals surface area contributed by atoms with Crippen LogP contribution >= 0.6 is 15.9 Å². The number of hydrogen-bond donors (Lipinski definition) is 0. The van der Waals surface area contributed by atoms with E-state index in [0.717, 1.165) is 44.0 Å². The van der Waals surface area contributed by atoms with E-state index in [2.05, 4.69) is 41.9 Å². The van der Waals surface area contributed by atoms with Crippen molar-refractivity contribution < 1.29 is 14.2 Å². The lowest BCUT2D eigenvalue weighted by Crippen LogP contribution is -2.05. The molecule has 1 atom stereocenters. The molecule has 2 rings (SSSR count). The molecule has 1 heterocycles. The average molecular weight is 343 g/mol. The highest BCUT2D eigenvalue weighted by molar-refractivity contribution is 9.09. The number of benzene rings is 1. The zero-order chi connectivity index (χ0) is 14.4. The maximum atomic E-state index is 5.85. The molecule has 0 saturated carbocycles. The fourth-order valence-electron chi connectivity index (χ4n) is 2.23. The van der Waals surface area contributed by atoms with Crippen molar-refractivity contribution in [1.29, 1.82) is 0 Å². The van der Waals surface area contributed by atoms with Crippen LogP contribution in [0.2, 0.25) is 0 Å². The van der Waals surface area contributed by atoms with Gasteiger partial charge in [0.25, 0.3) is 0 Å². The van der Waals surface area contributed by atoms with Gasteiger partial charge in [0.1, 0.15) is 0 Å². The smallest absolute Gasteiger partial charge is 0.161 e. The fourth-order valence-corrected chi connectivity index (χ4v) is 2.85. The average Bonchev–Trinajstić information content (AvgIpc) is 2.64. The standard InChI is InChI=1S/C16H23BrO3/c1-3-6-19-15-9-12-5-8-18-11-14(17)13(12)10-16(15)20-7-4-2/h9-10,14H,3-8,11H2,1-2H3. The highest BCUT2D eigenvalue weighted by Gasteiger charge is 2.20. The van der Waals surface area contributed by atoms with Crippen molar-refractivity contribution in [3.05, 3.63) is 23.3 Å². The maximum Gasteiger partial charge on any atom is 0.161 e. The van der Waals surface area contributed by atoms with Gasteiger partial charge in [-0.15, -0.1) is 0 Å². The molecule has 0 saturated heterocycles. The third kappa shape index (κ3) is 3.89. The van der Waals surface area contributed by atoms with Crippen molar-refractivity contribution in [2.24, 2.45) is 0 Å². The molecule has 0 bridgehead atoms. The topological polar surface area (TPSA) is 27.7 Å². The number of rotatable bonds is 6. The molecule has 1 aliphatic heterocycles. The van der Waals surface area contributed by atoms with Gasteiger partial charge < -0.3 is 14.2 Å². The van der Waals surface area contributed by atoms with E-state index in [4.69, 9.17) is 14.2 Å². The van der Waals surface area contributed by atoms with E-state index in [-0.39, 0.29) is 4.83 Å². The molecule has 0 amide bonds. The minimum absolute atomic E-state index is 0.226. The molecule has 0 N–H and O–H groups in total. The second kappa shape index (κ2) is 7.89. The highest BCUT2D eigenvalue weighted by atomic mass is 79.9. The van der Waals surface area contributed by atoms with Crippen LogP contribution in [0.4, 0.5) is 0 Å². The first-order chi connectivity index (χ1) is 9.76. The third-order valence-corrected chi connectivity index (χ3v) is 4.00. The predicted octanol–water partition coefficient (Wildman–Crippen LogP) is 4.27. The van der Waals surface area contributed by atoms with Crippen molar-refractivity contribution in [3.63, 3.8) is 0 Å². The molecular weight excluding hydrogens is 320 g/mol. The molecule has 1 aliphatic rings. The number of hydrogen-bond acceptors (Lipinski definition) is 3. The summed E-state index contributed by atoms with van der Waals surface area (Å²) in [4.78, 5) is 0.226. The van der Waals surface area contributed by atoms with E-state index >= 15 is 0 Å². The number of fused-ring (bicyclic) bond motifs is 1. The van der Waals surface area contributed by atoms with Crippen molar-refractivity contribution in [2.45, 2.75) is 37.9 Å². The van der Waals surface area contributed by atoms with Crippen LogP contribution in [0.25, 0.3) is 0 Å². The summed E-state index contributed by atoms with van der Waals surface area (Å²) in [7, 11) is 0. The van der Waals surface area contributed by atoms with E-state index in [1.165, 1.54) is 11.1 Å². The lowest BCUT2D eigenvalue weighted by Gasteiger charge is -2.17. The predicted molar refractivity (Wildman–Crippen MR) is 84.2 cm³/mol. The van der Waals surface area contributed by atoms with Gasteiger partial charge >= 0.3 is 0 Å². The summed E-state index contributed by atoms with van der Waals surface area (Å²) in [5.41, 5.74) is 2.55. The summed E-state index contributed by atoms with van der Waals surface area (Å²) in [6.07, 6.45) is 2.91. The molecule has 1 aromatic carbocycles. The second-order valence-corrected chi connectivity index (χ2v) is 6.09. The van der Waals surface area contributed by atoms with Crippen LogP contribution in [0.5, 0.6) is 11.5 Å². The van der Waals surface area contributed by atoms with E-state index in [1.807, 2.05) is 0 Å². The van der Waals surface area contributed by atoms with Gasteiger partial charge in [0.2, 0.25) is 0 Å². The Kier molecular flexibility index (Phi) is 6.17. The molecule has 0 fully saturated rings. The number of ether oxygens (including phenoxy) is 3. The summed E-state index contributed by atoms with van der Waals surface area (Å²) >= 11 is 3.70. The molecule has 20 heavy (non-hydrogen) atoms. The molecule has 1 aromatic rings. The first-order valence-corrected chi connectivity index (χ1v) is 8.32. The monoisotopic (exact) mass is 342 g/mol. The van der Waals surface area contributed by atoms with Gasteiger partial charge in [0.15, 0.2) is 11.5 Å². The molecule has 1 unspecified atom stereocenters. The van der Waals surface area contributed by atoms with E-state index in [1.54, 1.807) is 0 Å². The van der Waals surface area contributed by atoms with Gasteiger partial charge in [-0.3, -0.25) is 0 Å². The molecule has 0 radical (unpaired) electrons. The van der Waals surface area contributed by atoms with Crippen LogP contribution in [-0.2, 0) is 11.2 Å². The Morgan fingerprint density at radius 2 is 1.80 bits per heavy atom. The molecule has 3 nitrogen and oxygen atoms in total. The minimum atomic E-state index is 0.226. The summed E-state index contributed by atoms with van der Waals surface area (Å²) in [6, 6.07) is 4.24. The minimum Gasteiger partial charge on any atom is -0.490 e. The fraction of sp³-hybridized carbons (Fsp3) is 0.625. The van der Waals surface area contributed by atoms with Crippen molar-refractivity contribution in [1.82, 2.24) is 0 Å². The molecule has 0 aromatic heterocycles. The van der Waals surface area contributed by atoms with Gasteiger partial charge in [0, 0.05) is 0 Å². The Bertz CT molecular complexity index is 434. The van der Waals surface area contributed by atoms with Gasteiger partial charge in [-0.2, -0.15) is 0 Å². The van der Waals surface area contributed by atoms with Gasteiger partial charge in [-0.25, -0.2) is 0 Å². The van der Waals surface area contributed by atoms with Crippen LogP contribution in [0.15, 0.2) is 12.1 Å². The zero-order valence-corrected chi connectivity index (χ0v) is 13.9. The van der Waals surface area contributed by atoms with E-state index in [0.29, 0.717) is 13.2 Å². The van der Waals surface area contributed by atoms with Gasteiger partial charge in [0.05, 0.1) is 31.3 Å². The Morgan fingerprint density at radius 3 is 2.45 bits per heavy atom. The molecule has 0 aliphatic carbocycles. The summed E-state index contributed by atoms with van der Waals surface area (Å²) in [5, 5.41) is 0. The van der Waals surface area contributed by atoms with Crippen LogP contribution in [0, 0.1) is 0 Å². The van der Waals surface area contributed by atoms with Crippen LogP contribution in [-0.4, -0.2) is 26.4 Å². The lowest BCUT2D eigenvalue weighted by atomic mass is 10.0. The zero-order valence-electron chi connectivity index (χ0n) is 12.3. The van der Waals surface area contributed by atoms with Crippen LogP contribution in [0.1, 0.15) is 42.6 Å². The number of alkyl halides is 1. The Labute approximate surface area is 129 Å². The van der Waals surface area contributed by atoms with Crippen molar-refractivity contribution >= 4 is 15.9 Å². The first-order valence-electron chi connectivity index (χ1n) is 7.40. The SMILES string of the molecule is CCCOc1cc2c(cc1OCCC)C(Br)COCC2. The Morgan fingerprint density at radius 1 is 1.15 bits per heavy atom. The van der Waals surface area contributed by atoms with E-state index < -0.39 is 0 Å². The summed E-state index contributed by atoms with van der Waals surface area (Å²) in [5.74, 6) is 1.71. The van der Waals surface area contributed by atoms with Crippen molar-refractivity contribution in [2.75, 3.05) is 26.4 Å². The largest absolute Gasteiger partial charge is 0.490 e. The van der Waals surface area contributed by atoms with Crippen LogP contribution in [0.3, 0.4) is 0 Å². The van der Waals surface area contributed by atoms with Gasteiger partial charge in [-0.1, -0.05) is 29.8 Å². The molecule has 0 spiro atoms. The second-order valence-electron chi connectivity index (χ2n) is 4.99. The van der Waals surface area contributed by atoms with Gasteiger partial charge in [-0.05, 0) is 42.5 Å². The van der Waals surface area contributed by atoms with Crippen molar-refractivity contribution in [3.8, 4) is 11.5 Å². The normalized spacial score (nSPS) is 18.2. The number of halogens is 1. The van der Waals surface area contributed by atoms with Crippen LogP contribution < -0.4 is 9.47 Å². The lowest BCUT2D eigenvalue weighted by molar-refractivity contribution is 0.146. The first kappa shape index (κ1) is 15.6. The quantitative estimate of drug-likeness (QED) is 0.722. The highest BCUT2D eigenvalue weighted by Crippen LogP contribution is 2.38. The molecular formula is C16H23BrO3. The Hall–Kier alpha value is -0.740.